The van der Waals surface area contributed by atoms with E-state index < -0.39 is 11.7 Å². The van der Waals surface area contributed by atoms with E-state index in [1.807, 2.05) is 90.3 Å². The summed E-state index contributed by atoms with van der Waals surface area (Å²) in [6.07, 6.45) is 1.84. The van der Waals surface area contributed by atoms with E-state index in [-0.39, 0.29) is 0 Å². The van der Waals surface area contributed by atoms with E-state index in [2.05, 4.69) is 4.90 Å². The predicted octanol–water partition coefficient (Wildman–Crippen LogP) is 5.10. The van der Waals surface area contributed by atoms with Gasteiger partial charge in [0.05, 0.1) is 0 Å². The number of halogens is 1. The number of aryl methyl sites for hydroxylation is 1. The first-order chi connectivity index (χ1) is 16.0. The molecule has 0 unspecified atom stereocenters. The first-order valence-corrected chi connectivity index (χ1v) is 11.4. The number of nitrogens with zero attached hydrogens (tertiary/aromatic N) is 3. The van der Waals surface area contributed by atoms with Crippen LogP contribution >= 0.6 is 11.6 Å². The first kappa shape index (κ1) is 21.3. The molecule has 0 N–H and O–H groups in total. The van der Waals surface area contributed by atoms with E-state index in [0.29, 0.717) is 36.9 Å². The van der Waals surface area contributed by atoms with Crippen molar-refractivity contribution in [2.75, 3.05) is 31.1 Å². The number of carbonyl (C=O) groups is 2. The second kappa shape index (κ2) is 8.75. The van der Waals surface area contributed by atoms with Crippen LogP contribution < -0.4 is 4.90 Å². The van der Waals surface area contributed by atoms with Crippen LogP contribution in [-0.2, 0) is 4.79 Å². The lowest BCUT2D eigenvalue weighted by atomic mass is 10.0. The van der Waals surface area contributed by atoms with E-state index in [9.17, 15) is 9.59 Å². The standard InChI is InChI=1S/C27H24ClN3O2/c1-19-8-10-20(11-9-19)24-18-23-6-2-3-12-31(23)25(24)26(32)27(33)30-15-13-29(14-16-30)22-7-4-5-21(28)17-22/h2-12,17-18H,13-16H2,1H3. The van der Waals surface area contributed by atoms with Gasteiger partial charge in [-0.05, 0) is 48.9 Å². The quantitative estimate of drug-likeness (QED) is 0.316. The third-order valence-electron chi connectivity index (χ3n) is 6.19. The van der Waals surface area contributed by atoms with Crippen molar-refractivity contribution in [2.24, 2.45) is 0 Å². The van der Waals surface area contributed by atoms with Gasteiger partial charge in [0.25, 0.3) is 11.7 Å². The maximum Gasteiger partial charge on any atom is 0.296 e. The topological polar surface area (TPSA) is 45.0 Å². The number of fused-ring (bicyclic) bond motifs is 1. The van der Waals surface area contributed by atoms with Crippen molar-refractivity contribution in [3.8, 4) is 11.1 Å². The molecule has 1 aliphatic rings. The Labute approximate surface area is 197 Å². The summed E-state index contributed by atoms with van der Waals surface area (Å²) in [7, 11) is 0. The van der Waals surface area contributed by atoms with Gasteiger partial charge in [-0.2, -0.15) is 0 Å². The van der Waals surface area contributed by atoms with Crippen LogP contribution in [0.2, 0.25) is 5.02 Å². The van der Waals surface area contributed by atoms with Crippen LogP contribution in [0.5, 0.6) is 0 Å². The molecule has 0 aliphatic carbocycles. The molecule has 6 heteroatoms. The number of benzene rings is 2. The zero-order valence-corrected chi connectivity index (χ0v) is 19.1. The summed E-state index contributed by atoms with van der Waals surface area (Å²) < 4.78 is 1.82. The van der Waals surface area contributed by atoms with Crippen LogP contribution in [-0.4, -0.2) is 47.2 Å². The number of hydrogen-bond acceptors (Lipinski definition) is 3. The summed E-state index contributed by atoms with van der Waals surface area (Å²) >= 11 is 6.13. The molecule has 33 heavy (non-hydrogen) atoms. The monoisotopic (exact) mass is 457 g/mol. The lowest BCUT2D eigenvalue weighted by Crippen LogP contribution is -2.50. The Hall–Kier alpha value is -3.57. The van der Waals surface area contributed by atoms with Crippen molar-refractivity contribution >= 4 is 34.5 Å². The molecule has 1 amide bonds. The minimum Gasteiger partial charge on any atom is -0.368 e. The highest BCUT2D eigenvalue weighted by molar-refractivity contribution is 6.43. The lowest BCUT2D eigenvalue weighted by Gasteiger charge is -2.35. The molecule has 1 aliphatic heterocycles. The number of ketones is 1. The van der Waals surface area contributed by atoms with Crippen LogP contribution in [0.1, 0.15) is 16.1 Å². The molecule has 0 saturated carbocycles. The summed E-state index contributed by atoms with van der Waals surface area (Å²) in [5, 5.41) is 0.685. The summed E-state index contributed by atoms with van der Waals surface area (Å²) in [6, 6.07) is 23.4. The second-order valence-corrected chi connectivity index (χ2v) is 8.79. The van der Waals surface area contributed by atoms with Gasteiger partial charge in [-0.25, -0.2) is 0 Å². The molecule has 5 nitrogen and oxygen atoms in total. The SMILES string of the molecule is Cc1ccc(-c2cc3ccccn3c2C(=O)C(=O)N2CCN(c3cccc(Cl)c3)CC2)cc1. The molecule has 2 aromatic carbocycles. The molecule has 0 spiro atoms. The van der Waals surface area contributed by atoms with Crippen LogP contribution in [0.4, 0.5) is 5.69 Å². The normalized spacial score (nSPS) is 14.0. The van der Waals surface area contributed by atoms with Crippen LogP contribution in [0.25, 0.3) is 16.6 Å². The fourth-order valence-corrected chi connectivity index (χ4v) is 4.58. The molecule has 0 atom stereocenters. The van der Waals surface area contributed by atoms with E-state index in [1.54, 1.807) is 4.90 Å². The average Bonchev–Trinajstić information content (AvgIpc) is 3.23. The molecule has 1 fully saturated rings. The minimum atomic E-state index is -0.479. The van der Waals surface area contributed by atoms with Crippen LogP contribution in [0.15, 0.2) is 79.0 Å². The van der Waals surface area contributed by atoms with E-state index in [4.69, 9.17) is 11.6 Å². The third kappa shape index (κ3) is 4.12. The van der Waals surface area contributed by atoms with Crippen molar-refractivity contribution < 1.29 is 9.59 Å². The number of Topliss-reactive ketones (excluding diaryl/α,β-unsaturated/α-hetero) is 1. The van der Waals surface area contributed by atoms with Gasteiger partial charge in [-0.1, -0.05) is 53.6 Å². The Morgan fingerprint density at radius 1 is 0.848 bits per heavy atom. The molecule has 2 aromatic heterocycles. The fraction of sp³-hybridized carbons (Fsp3) is 0.185. The van der Waals surface area contributed by atoms with Crippen molar-refractivity contribution in [3.05, 3.63) is 95.3 Å². The number of rotatable bonds is 4. The summed E-state index contributed by atoms with van der Waals surface area (Å²) in [5.41, 5.74) is 5.17. The van der Waals surface area contributed by atoms with Crippen molar-refractivity contribution in [2.45, 2.75) is 6.92 Å². The zero-order valence-electron chi connectivity index (χ0n) is 18.4. The van der Waals surface area contributed by atoms with Gasteiger partial charge in [0.1, 0.15) is 5.69 Å². The Kier molecular flexibility index (Phi) is 5.65. The summed E-state index contributed by atoms with van der Waals surface area (Å²) in [4.78, 5) is 30.7. The number of pyridine rings is 1. The molecule has 166 valence electrons. The van der Waals surface area contributed by atoms with Crippen molar-refractivity contribution in [1.82, 2.24) is 9.30 Å². The molecule has 1 saturated heterocycles. The van der Waals surface area contributed by atoms with Crippen LogP contribution in [0.3, 0.4) is 0 Å². The molecular weight excluding hydrogens is 434 g/mol. The Morgan fingerprint density at radius 3 is 2.33 bits per heavy atom. The smallest absolute Gasteiger partial charge is 0.296 e. The zero-order chi connectivity index (χ0) is 22.9. The highest BCUT2D eigenvalue weighted by atomic mass is 35.5. The van der Waals surface area contributed by atoms with Gasteiger partial charge >= 0.3 is 0 Å². The average molecular weight is 458 g/mol. The van der Waals surface area contributed by atoms with E-state index in [1.165, 1.54) is 0 Å². The minimum absolute atomic E-state index is 0.414. The van der Waals surface area contributed by atoms with Gasteiger partial charge in [0.2, 0.25) is 0 Å². The maximum absolute atomic E-state index is 13.5. The summed E-state index contributed by atoms with van der Waals surface area (Å²) in [6.45, 7) is 4.30. The Morgan fingerprint density at radius 2 is 1.61 bits per heavy atom. The second-order valence-electron chi connectivity index (χ2n) is 8.36. The number of carbonyl (C=O) groups excluding carboxylic acids is 2. The fourth-order valence-electron chi connectivity index (χ4n) is 4.39. The van der Waals surface area contributed by atoms with E-state index >= 15 is 0 Å². The molecular formula is C27H24ClN3O2. The molecule has 0 bridgehead atoms. The van der Waals surface area contributed by atoms with Gasteiger partial charge in [-0.3, -0.25) is 9.59 Å². The molecule has 5 rings (SSSR count). The van der Waals surface area contributed by atoms with Gasteiger partial charge in [0, 0.05) is 54.2 Å². The Bertz CT molecular complexity index is 1340. The number of piperazine rings is 1. The molecule has 4 aromatic rings. The van der Waals surface area contributed by atoms with Crippen LogP contribution in [0, 0.1) is 6.92 Å². The van der Waals surface area contributed by atoms with Gasteiger partial charge in [0.15, 0.2) is 0 Å². The largest absolute Gasteiger partial charge is 0.368 e. The first-order valence-electron chi connectivity index (χ1n) is 11.0. The number of amides is 1. The molecule has 3 heterocycles. The number of anilines is 1. The number of hydrogen-bond donors (Lipinski definition) is 0. The van der Waals surface area contributed by atoms with E-state index in [0.717, 1.165) is 27.9 Å². The van der Waals surface area contributed by atoms with Crippen molar-refractivity contribution in [3.63, 3.8) is 0 Å². The Balaban J connectivity index is 1.41. The van der Waals surface area contributed by atoms with Gasteiger partial charge < -0.3 is 14.2 Å². The lowest BCUT2D eigenvalue weighted by molar-refractivity contribution is -0.126. The summed E-state index contributed by atoms with van der Waals surface area (Å²) in [5.74, 6) is -0.939. The van der Waals surface area contributed by atoms with Crippen molar-refractivity contribution in [1.29, 1.82) is 0 Å². The third-order valence-corrected chi connectivity index (χ3v) is 6.43. The highest BCUT2D eigenvalue weighted by Gasteiger charge is 2.30. The predicted molar refractivity (Wildman–Crippen MR) is 132 cm³/mol. The maximum atomic E-state index is 13.5. The molecule has 0 radical (unpaired) electrons. The number of aromatic nitrogens is 1. The van der Waals surface area contributed by atoms with Gasteiger partial charge in [-0.15, -0.1) is 0 Å². The highest BCUT2D eigenvalue weighted by Crippen LogP contribution is 2.29.